The molecular weight excluding hydrogens is 456 g/mol. The summed E-state index contributed by atoms with van der Waals surface area (Å²) in [5.74, 6) is 1.03. The second-order valence-corrected chi connectivity index (χ2v) is 8.81. The second-order valence-electron chi connectivity index (χ2n) is 8.81. The molecule has 3 aromatic rings. The Labute approximate surface area is 213 Å². The van der Waals surface area contributed by atoms with E-state index >= 15 is 0 Å². The molecular formula is C30H38O6. The summed E-state index contributed by atoms with van der Waals surface area (Å²) in [4.78, 5) is 23.7. The number of carbonyl (C=O) groups is 2. The largest absolute Gasteiger partial charge is 0.488 e. The molecule has 6 nitrogen and oxygen atoms in total. The van der Waals surface area contributed by atoms with Crippen LogP contribution in [0.3, 0.4) is 0 Å². The third-order valence-electron chi connectivity index (χ3n) is 6.31. The normalized spacial score (nSPS) is 12.8. The minimum atomic E-state index is -0.324. The zero-order valence-electron chi connectivity index (χ0n) is 22.1. The van der Waals surface area contributed by atoms with Gasteiger partial charge in [0.15, 0.2) is 0 Å². The molecule has 0 radical (unpaired) electrons. The second kappa shape index (κ2) is 13.1. The fourth-order valence-electron chi connectivity index (χ4n) is 4.04. The average molecular weight is 495 g/mol. The van der Waals surface area contributed by atoms with Crippen LogP contribution >= 0.6 is 0 Å². The molecule has 3 rings (SSSR count). The van der Waals surface area contributed by atoms with Gasteiger partial charge in [-0.15, -0.1) is 0 Å². The van der Waals surface area contributed by atoms with Gasteiger partial charge >= 0.3 is 11.9 Å². The number of benzene rings is 3. The maximum absolute atomic E-state index is 11.9. The Bertz CT molecular complexity index is 1180. The first-order valence-electron chi connectivity index (χ1n) is 13.1. The van der Waals surface area contributed by atoms with Gasteiger partial charge in [-0.1, -0.05) is 71.0 Å². The van der Waals surface area contributed by atoms with Gasteiger partial charge in [0.05, 0.1) is 0 Å². The van der Waals surface area contributed by atoms with Crippen LogP contribution in [0.4, 0.5) is 0 Å². The van der Waals surface area contributed by atoms with Crippen molar-refractivity contribution in [3.63, 3.8) is 0 Å². The van der Waals surface area contributed by atoms with Crippen LogP contribution in [0.1, 0.15) is 65.9 Å². The Morgan fingerprint density at radius 3 is 1.58 bits per heavy atom. The summed E-state index contributed by atoms with van der Waals surface area (Å²) in [5, 5.41) is 3.71. The van der Waals surface area contributed by atoms with Crippen LogP contribution in [0.25, 0.3) is 21.5 Å². The first-order chi connectivity index (χ1) is 17.4. The zero-order chi connectivity index (χ0) is 26.1. The molecule has 2 unspecified atom stereocenters. The Kier molecular flexibility index (Phi) is 9.97. The summed E-state index contributed by atoms with van der Waals surface area (Å²) in [7, 11) is 0. The Morgan fingerprint density at radius 1 is 0.667 bits per heavy atom. The fraction of sp³-hybridized carbons (Fsp3) is 0.467. The van der Waals surface area contributed by atoms with E-state index in [4.69, 9.17) is 18.9 Å². The SMILES string of the molecule is CCC(=O)OC(CC)COc1c2ccccc2c(OCC(CC)OC(=O)CC)c2cc(CC)ccc12. The molecule has 0 heterocycles. The summed E-state index contributed by atoms with van der Waals surface area (Å²) >= 11 is 0. The van der Waals surface area contributed by atoms with Gasteiger partial charge in [0.25, 0.3) is 0 Å². The molecule has 36 heavy (non-hydrogen) atoms. The number of ether oxygens (including phenoxy) is 4. The summed E-state index contributed by atoms with van der Waals surface area (Å²) < 4.78 is 23.9. The summed E-state index contributed by atoms with van der Waals surface area (Å²) in [6.45, 7) is 10.2. The lowest BCUT2D eigenvalue weighted by Crippen LogP contribution is -2.24. The van der Waals surface area contributed by atoms with Gasteiger partial charge < -0.3 is 18.9 Å². The fourth-order valence-corrected chi connectivity index (χ4v) is 4.04. The van der Waals surface area contributed by atoms with Crippen molar-refractivity contribution in [2.75, 3.05) is 13.2 Å². The molecule has 0 bridgehead atoms. The number of esters is 2. The lowest BCUT2D eigenvalue weighted by atomic mass is 9.98. The number of rotatable bonds is 13. The molecule has 0 saturated carbocycles. The van der Waals surface area contributed by atoms with Crippen LogP contribution in [0.15, 0.2) is 42.5 Å². The lowest BCUT2D eigenvalue weighted by molar-refractivity contribution is -0.151. The van der Waals surface area contributed by atoms with E-state index in [1.165, 1.54) is 5.56 Å². The van der Waals surface area contributed by atoms with E-state index in [1.54, 1.807) is 13.8 Å². The molecule has 0 aliphatic heterocycles. The highest BCUT2D eigenvalue weighted by atomic mass is 16.6. The van der Waals surface area contributed by atoms with Gasteiger partial charge in [-0.3, -0.25) is 9.59 Å². The number of hydrogen-bond donors (Lipinski definition) is 0. The van der Waals surface area contributed by atoms with Crippen molar-refractivity contribution in [1.82, 2.24) is 0 Å². The van der Waals surface area contributed by atoms with E-state index in [9.17, 15) is 9.59 Å². The Hall–Kier alpha value is -3.28. The van der Waals surface area contributed by atoms with E-state index in [-0.39, 0.29) is 37.4 Å². The average Bonchev–Trinajstić information content (AvgIpc) is 2.92. The van der Waals surface area contributed by atoms with Crippen molar-refractivity contribution < 1.29 is 28.5 Å². The molecule has 2 atom stereocenters. The maximum atomic E-state index is 11.9. The lowest BCUT2D eigenvalue weighted by Gasteiger charge is -2.22. The third kappa shape index (κ3) is 6.48. The van der Waals surface area contributed by atoms with Gasteiger partial charge in [-0.25, -0.2) is 0 Å². The molecule has 0 saturated heterocycles. The molecule has 6 heteroatoms. The quantitative estimate of drug-likeness (QED) is 0.193. The van der Waals surface area contributed by atoms with Gasteiger partial charge in [-0.05, 0) is 30.9 Å². The first-order valence-corrected chi connectivity index (χ1v) is 13.1. The molecule has 3 aromatic carbocycles. The van der Waals surface area contributed by atoms with Crippen LogP contribution in [-0.2, 0) is 25.5 Å². The van der Waals surface area contributed by atoms with Crippen LogP contribution < -0.4 is 9.47 Å². The molecule has 0 aliphatic carbocycles. The van der Waals surface area contributed by atoms with E-state index in [1.807, 2.05) is 38.1 Å². The monoisotopic (exact) mass is 494 g/mol. The molecule has 0 fully saturated rings. The zero-order valence-corrected chi connectivity index (χ0v) is 22.1. The van der Waals surface area contributed by atoms with E-state index in [2.05, 4.69) is 25.1 Å². The molecule has 0 N–H and O–H groups in total. The van der Waals surface area contributed by atoms with E-state index in [0.29, 0.717) is 25.7 Å². The number of carbonyl (C=O) groups excluding carboxylic acids is 2. The Morgan fingerprint density at radius 2 is 1.14 bits per heavy atom. The van der Waals surface area contributed by atoms with Crippen LogP contribution in [0.5, 0.6) is 11.5 Å². The van der Waals surface area contributed by atoms with Crippen molar-refractivity contribution in [3.05, 3.63) is 48.0 Å². The molecule has 0 spiro atoms. The van der Waals surface area contributed by atoms with Gasteiger partial charge in [-0.2, -0.15) is 0 Å². The van der Waals surface area contributed by atoms with E-state index in [0.717, 1.165) is 39.5 Å². The van der Waals surface area contributed by atoms with Crippen molar-refractivity contribution in [2.45, 2.75) is 78.9 Å². The van der Waals surface area contributed by atoms with E-state index < -0.39 is 0 Å². The van der Waals surface area contributed by atoms with Crippen molar-refractivity contribution >= 4 is 33.5 Å². The van der Waals surface area contributed by atoms with Crippen LogP contribution in [0.2, 0.25) is 0 Å². The predicted octanol–water partition coefficient (Wildman–Crippen LogP) is 6.78. The van der Waals surface area contributed by atoms with Gasteiger partial charge in [0.1, 0.15) is 36.9 Å². The minimum Gasteiger partial charge on any atom is -0.488 e. The van der Waals surface area contributed by atoms with Crippen LogP contribution in [-0.4, -0.2) is 37.4 Å². The first kappa shape index (κ1) is 27.3. The molecule has 0 amide bonds. The van der Waals surface area contributed by atoms with Crippen LogP contribution in [0, 0.1) is 0 Å². The minimum absolute atomic E-state index is 0.230. The molecule has 0 aromatic heterocycles. The smallest absolute Gasteiger partial charge is 0.305 e. The maximum Gasteiger partial charge on any atom is 0.305 e. The van der Waals surface area contributed by atoms with Gasteiger partial charge in [0, 0.05) is 34.4 Å². The summed E-state index contributed by atoms with van der Waals surface area (Å²) in [5.41, 5.74) is 1.18. The topological polar surface area (TPSA) is 71.1 Å². The number of hydrogen-bond acceptors (Lipinski definition) is 6. The van der Waals surface area contributed by atoms with Crippen molar-refractivity contribution in [3.8, 4) is 11.5 Å². The van der Waals surface area contributed by atoms with Crippen molar-refractivity contribution in [2.24, 2.45) is 0 Å². The number of aryl methyl sites for hydroxylation is 1. The molecule has 194 valence electrons. The Balaban J connectivity index is 2.05. The van der Waals surface area contributed by atoms with Crippen molar-refractivity contribution in [1.29, 1.82) is 0 Å². The predicted molar refractivity (Wildman–Crippen MR) is 143 cm³/mol. The van der Waals surface area contributed by atoms with Gasteiger partial charge in [0.2, 0.25) is 0 Å². The highest BCUT2D eigenvalue weighted by molar-refractivity contribution is 6.11. The third-order valence-corrected chi connectivity index (χ3v) is 6.31. The highest BCUT2D eigenvalue weighted by Crippen LogP contribution is 2.43. The summed E-state index contributed by atoms with van der Waals surface area (Å²) in [6.07, 6.45) is 2.23. The highest BCUT2D eigenvalue weighted by Gasteiger charge is 2.20. The summed E-state index contributed by atoms with van der Waals surface area (Å²) in [6, 6.07) is 14.3. The number of fused-ring (bicyclic) bond motifs is 2. The standard InChI is InChI=1S/C30H38O6/c1-6-20-15-16-25-26(17-20)30(34-19-22(8-3)36-28(32)10-5)24-14-12-11-13-23(24)29(25)33-18-21(7-2)35-27(31)9-4/h11-17,21-22H,6-10,18-19H2,1-5H3. The molecule has 0 aliphatic rings.